The predicted molar refractivity (Wildman–Crippen MR) is 44.1 cm³/mol. The van der Waals surface area contributed by atoms with E-state index in [9.17, 15) is 18.9 Å². The van der Waals surface area contributed by atoms with Crippen molar-refractivity contribution in [3.05, 3.63) is 21.9 Å². The summed E-state index contributed by atoms with van der Waals surface area (Å²) >= 11 is 0. The molecule has 0 aliphatic heterocycles. The highest BCUT2D eigenvalue weighted by Gasteiger charge is 2.24. The summed E-state index contributed by atoms with van der Waals surface area (Å²) in [7, 11) is 1.06. The van der Waals surface area contributed by atoms with Crippen molar-refractivity contribution in [2.75, 3.05) is 7.11 Å². The van der Waals surface area contributed by atoms with Gasteiger partial charge in [0.05, 0.1) is 18.1 Å². The van der Waals surface area contributed by atoms with Crippen molar-refractivity contribution in [1.82, 2.24) is 4.98 Å². The third-order valence-corrected chi connectivity index (χ3v) is 1.57. The lowest BCUT2D eigenvalue weighted by atomic mass is 10.3. The van der Waals surface area contributed by atoms with E-state index in [1.807, 2.05) is 0 Å². The molecule has 0 aromatic carbocycles. The van der Waals surface area contributed by atoms with Crippen LogP contribution in [0.5, 0.6) is 11.6 Å². The molecule has 1 heterocycles. The summed E-state index contributed by atoms with van der Waals surface area (Å²) < 4.78 is 28.9. The van der Waals surface area contributed by atoms with Crippen LogP contribution in [-0.4, -0.2) is 22.1 Å². The first-order valence-corrected chi connectivity index (χ1v) is 3.67. The molecule has 0 radical (unpaired) electrons. The molecule has 6 nitrogen and oxygen atoms in total. The number of rotatable bonds is 3. The number of nitro groups is 1. The van der Waals surface area contributed by atoms with Crippen molar-refractivity contribution in [3.63, 3.8) is 0 Å². The molecular weight excluding hydrogens is 214 g/mol. The Morgan fingerprint density at radius 2 is 2.27 bits per heavy atom. The molecule has 0 aliphatic rings. The number of alkyl halides is 2. The first kappa shape index (κ1) is 11.1. The monoisotopic (exact) mass is 220 g/mol. The van der Waals surface area contributed by atoms with Crippen molar-refractivity contribution in [3.8, 4) is 11.6 Å². The normalized spacial score (nSPS) is 10.4. The van der Waals surface area contributed by atoms with Crippen LogP contribution in [-0.2, 0) is 0 Å². The zero-order valence-corrected chi connectivity index (χ0v) is 7.48. The van der Waals surface area contributed by atoms with Gasteiger partial charge in [0, 0.05) is 0 Å². The Labute approximate surface area is 82.3 Å². The molecule has 0 unspecified atom stereocenters. The fourth-order valence-corrected chi connectivity index (χ4v) is 0.931. The molecule has 8 heteroatoms. The van der Waals surface area contributed by atoms with E-state index < -0.39 is 34.4 Å². The van der Waals surface area contributed by atoms with Gasteiger partial charge in [-0.3, -0.25) is 10.1 Å². The largest absolute Gasteiger partial charge is 0.506 e. The van der Waals surface area contributed by atoms with Crippen LogP contribution in [0.4, 0.5) is 14.5 Å². The Bertz CT molecular complexity index is 397. The third-order valence-electron chi connectivity index (χ3n) is 1.57. The maximum Gasteiger partial charge on any atom is 0.334 e. The van der Waals surface area contributed by atoms with Gasteiger partial charge in [-0.05, 0) is 0 Å². The standard InChI is InChI=1S/C7H6F2N2O4/c1-15-7-3(11(13)14)2-4(12)5(10-7)6(8)9/h2,6,12H,1H3. The maximum absolute atomic E-state index is 12.2. The predicted octanol–water partition coefficient (Wildman–Crippen LogP) is 1.64. The van der Waals surface area contributed by atoms with Crippen molar-refractivity contribution in [2.24, 2.45) is 0 Å². The maximum atomic E-state index is 12.2. The van der Waals surface area contributed by atoms with Crippen LogP contribution in [0.15, 0.2) is 6.07 Å². The van der Waals surface area contributed by atoms with Gasteiger partial charge >= 0.3 is 5.69 Å². The van der Waals surface area contributed by atoms with Crippen LogP contribution >= 0.6 is 0 Å². The average molecular weight is 220 g/mol. The van der Waals surface area contributed by atoms with Gasteiger partial charge in [-0.2, -0.15) is 0 Å². The van der Waals surface area contributed by atoms with E-state index in [2.05, 4.69) is 9.72 Å². The number of methoxy groups -OCH3 is 1. The Hall–Kier alpha value is -1.99. The van der Waals surface area contributed by atoms with Gasteiger partial charge in [0.15, 0.2) is 5.69 Å². The number of pyridine rings is 1. The van der Waals surface area contributed by atoms with Crippen molar-refractivity contribution in [2.45, 2.75) is 6.43 Å². The fraction of sp³-hybridized carbons (Fsp3) is 0.286. The van der Waals surface area contributed by atoms with Gasteiger partial charge in [0.2, 0.25) is 0 Å². The van der Waals surface area contributed by atoms with Gasteiger partial charge in [-0.25, -0.2) is 13.8 Å². The Morgan fingerprint density at radius 1 is 1.67 bits per heavy atom. The third kappa shape index (κ3) is 2.09. The minimum atomic E-state index is -3.03. The molecular formula is C7H6F2N2O4. The van der Waals surface area contributed by atoms with E-state index in [4.69, 9.17) is 5.11 Å². The number of hydrogen-bond acceptors (Lipinski definition) is 5. The quantitative estimate of drug-likeness (QED) is 0.618. The molecule has 0 aliphatic carbocycles. The Kier molecular flexibility index (Phi) is 2.98. The van der Waals surface area contributed by atoms with Crippen molar-refractivity contribution < 1.29 is 23.5 Å². The van der Waals surface area contributed by atoms with E-state index >= 15 is 0 Å². The molecule has 0 saturated heterocycles. The Morgan fingerprint density at radius 3 is 2.67 bits per heavy atom. The second-order valence-electron chi connectivity index (χ2n) is 2.48. The summed E-state index contributed by atoms with van der Waals surface area (Å²) in [6.07, 6.45) is -3.03. The molecule has 0 spiro atoms. The highest BCUT2D eigenvalue weighted by atomic mass is 19.3. The molecule has 1 aromatic heterocycles. The van der Waals surface area contributed by atoms with Gasteiger partial charge in [-0.1, -0.05) is 0 Å². The lowest BCUT2D eigenvalue weighted by Crippen LogP contribution is -2.00. The molecule has 0 amide bonds. The van der Waals surface area contributed by atoms with Crippen LogP contribution in [0.2, 0.25) is 0 Å². The van der Waals surface area contributed by atoms with E-state index in [0.717, 1.165) is 7.11 Å². The number of aromatic hydroxyl groups is 1. The molecule has 82 valence electrons. The van der Waals surface area contributed by atoms with E-state index in [1.165, 1.54) is 0 Å². The summed E-state index contributed by atoms with van der Waals surface area (Å²) in [5.41, 5.74) is -1.61. The molecule has 0 fully saturated rings. The molecule has 1 aromatic rings. The second kappa shape index (κ2) is 4.03. The minimum absolute atomic E-state index is 0.562. The SMILES string of the molecule is COc1nc(C(F)F)c(O)cc1[N+](=O)[O-]. The van der Waals surface area contributed by atoms with Crippen molar-refractivity contribution >= 4 is 5.69 Å². The summed E-state index contributed by atoms with van der Waals surface area (Å²) in [6, 6.07) is 0.577. The van der Waals surface area contributed by atoms with Crippen LogP contribution in [0.1, 0.15) is 12.1 Å². The summed E-state index contributed by atoms with van der Waals surface area (Å²) in [4.78, 5) is 12.7. The molecule has 1 rings (SSSR count). The summed E-state index contributed by atoms with van der Waals surface area (Å²) in [6.45, 7) is 0. The molecule has 0 bridgehead atoms. The first-order valence-electron chi connectivity index (χ1n) is 3.67. The van der Waals surface area contributed by atoms with Gasteiger partial charge < -0.3 is 9.84 Å². The van der Waals surface area contributed by atoms with E-state index in [0.29, 0.717) is 6.07 Å². The van der Waals surface area contributed by atoms with Crippen LogP contribution in [0, 0.1) is 10.1 Å². The highest BCUT2D eigenvalue weighted by molar-refractivity contribution is 5.48. The van der Waals surface area contributed by atoms with Crippen molar-refractivity contribution in [1.29, 1.82) is 0 Å². The molecule has 0 atom stereocenters. The Balaban J connectivity index is 3.35. The fourth-order valence-electron chi connectivity index (χ4n) is 0.931. The number of halogens is 2. The van der Waals surface area contributed by atoms with E-state index in [-0.39, 0.29) is 0 Å². The van der Waals surface area contributed by atoms with E-state index in [1.54, 1.807) is 0 Å². The first-order chi connectivity index (χ1) is 6.97. The number of nitrogens with zero attached hydrogens (tertiary/aromatic N) is 2. The zero-order chi connectivity index (χ0) is 11.6. The number of hydrogen-bond donors (Lipinski definition) is 1. The topological polar surface area (TPSA) is 85.5 Å². The highest BCUT2D eigenvalue weighted by Crippen LogP contribution is 2.34. The zero-order valence-electron chi connectivity index (χ0n) is 7.48. The summed E-state index contributed by atoms with van der Waals surface area (Å²) in [5, 5.41) is 19.4. The number of aromatic nitrogens is 1. The smallest absolute Gasteiger partial charge is 0.334 e. The lowest BCUT2D eigenvalue weighted by molar-refractivity contribution is -0.386. The lowest BCUT2D eigenvalue weighted by Gasteiger charge is -2.05. The van der Waals surface area contributed by atoms with Gasteiger partial charge in [0.25, 0.3) is 12.3 Å². The van der Waals surface area contributed by atoms with Crippen LogP contribution < -0.4 is 4.74 Å². The van der Waals surface area contributed by atoms with Crippen LogP contribution in [0.25, 0.3) is 0 Å². The van der Waals surface area contributed by atoms with Gasteiger partial charge in [-0.15, -0.1) is 0 Å². The minimum Gasteiger partial charge on any atom is -0.506 e. The molecule has 1 N–H and O–H groups in total. The van der Waals surface area contributed by atoms with Crippen LogP contribution in [0.3, 0.4) is 0 Å². The molecule has 0 saturated carbocycles. The molecule has 15 heavy (non-hydrogen) atoms. The number of ether oxygens (including phenoxy) is 1. The summed E-state index contributed by atoms with van der Waals surface area (Å²) in [5.74, 6) is -1.49. The second-order valence-corrected chi connectivity index (χ2v) is 2.48. The van der Waals surface area contributed by atoms with Gasteiger partial charge in [0.1, 0.15) is 5.75 Å². The average Bonchev–Trinajstić information content (AvgIpc) is 2.16.